The molecule has 1 aromatic rings. The van der Waals surface area contributed by atoms with Gasteiger partial charge < -0.3 is 10.5 Å². The Labute approximate surface area is 101 Å². The highest BCUT2D eigenvalue weighted by atomic mass is 35.5. The maximum atomic E-state index is 11.8. The average Bonchev–Trinajstić information content (AvgIpc) is 2.28. The highest BCUT2D eigenvalue weighted by molar-refractivity contribution is 6.32. The van der Waals surface area contributed by atoms with Crippen LogP contribution in [-0.2, 0) is 0 Å². The number of hydrogen-bond acceptors (Lipinski definition) is 3. The number of halogens is 1. The fraction of sp³-hybridized carbons (Fsp3) is 0.417. The van der Waals surface area contributed by atoms with Crippen molar-refractivity contribution in [1.82, 2.24) is 0 Å². The van der Waals surface area contributed by atoms with Crippen molar-refractivity contribution in [2.75, 3.05) is 13.7 Å². The molecule has 0 aliphatic carbocycles. The van der Waals surface area contributed by atoms with Crippen LogP contribution in [0.25, 0.3) is 0 Å². The fourth-order valence-electron chi connectivity index (χ4n) is 1.36. The van der Waals surface area contributed by atoms with Crippen LogP contribution in [0, 0.1) is 5.92 Å². The number of methoxy groups -OCH3 is 1. The Morgan fingerprint density at radius 1 is 1.56 bits per heavy atom. The third kappa shape index (κ3) is 3.22. The molecule has 0 saturated carbocycles. The van der Waals surface area contributed by atoms with E-state index in [9.17, 15) is 4.79 Å². The lowest BCUT2D eigenvalue weighted by Crippen LogP contribution is -2.15. The van der Waals surface area contributed by atoms with E-state index in [2.05, 4.69) is 0 Å². The second-order valence-corrected chi connectivity index (χ2v) is 4.22. The molecular formula is C12H16ClNO2. The monoisotopic (exact) mass is 241 g/mol. The minimum atomic E-state index is 0.0579. The molecule has 2 N–H and O–H groups in total. The smallest absolute Gasteiger partial charge is 0.163 e. The van der Waals surface area contributed by atoms with Crippen molar-refractivity contribution in [3.8, 4) is 5.75 Å². The van der Waals surface area contributed by atoms with E-state index < -0.39 is 0 Å². The SMILES string of the molecule is COc1ccc(C(=O)CC(C)CN)cc1Cl. The Morgan fingerprint density at radius 3 is 2.75 bits per heavy atom. The maximum absolute atomic E-state index is 11.8. The molecule has 0 saturated heterocycles. The zero-order valence-corrected chi connectivity index (χ0v) is 10.3. The van der Waals surface area contributed by atoms with Gasteiger partial charge >= 0.3 is 0 Å². The maximum Gasteiger partial charge on any atom is 0.163 e. The van der Waals surface area contributed by atoms with Gasteiger partial charge in [0.1, 0.15) is 5.75 Å². The summed E-state index contributed by atoms with van der Waals surface area (Å²) in [5.41, 5.74) is 6.08. The van der Waals surface area contributed by atoms with E-state index in [-0.39, 0.29) is 11.7 Å². The van der Waals surface area contributed by atoms with Crippen LogP contribution < -0.4 is 10.5 Å². The first-order valence-corrected chi connectivity index (χ1v) is 5.53. The summed E-state index contributed by atoms with van der Waals surface area (Å²) in [5.74, 6) is 0.820. The minimum absolute atomic E-state index is 0.0579. The van der Waals surface area contributed by atoms with Crippen LogP contribution in [0.5, 0.6) is 5.75 Å². The molecule has 0 bridgehead atoms. The van der Waals surface area contributed by atoms with E-state index in [0.29, 0.717) is 29.3 Å². The fourth-order valence-corrected chi connectivity index (χ4v) is 1.62. The lowest BCUT2D eigenvalue weighted by molar-refractivity contribution is 0.0966. The van der Waals surface area contributed by atoms with E-state index in [0.717, 1.165) is 0 Å². The van der Waals surface area contributed by atoms with Crippen LogP contribution in [0.15, 0.2) is 18.2 Å². The second kappa shape index (κ2) is 5.87. The Hall–Kier alpha value is -1.06. The zero-order valence-electron chi connectivity index (χ0n) is 9.50. The van der Waals surface area contributed by atoms with Gasteiger partial charge in [0.2, 0.25) is 0 Å². The summed E-state index contributed by atoms with van der Waals surface area (Å²) >= 11 is 5.94. The number of ketones is 1. The molecule has 88 valence electrons. The Bertz CT molecular complexity index is 379. The summed E-state index contributed by atoms with van der Waals surface area (Å²) in [4.78, 5) is 11.8. The number of carbonyl (C=O) groups is 1. The predicted octanol–water partition coefficient (Wildman–Crippen LogP) is 2.52. The first-order valence-electron chi connectivity index (χ1n) is 5.15. The number of ether oxygens (including phenoxy) is 1. The molecule has 4 heteroatoms. The number of rotatable bonds is 5. The number of hydrogen-bond donors (Lipinski definition) is 1. The molecule has 1 atom stereocenters. The van der Waals surface area contributed by atoms with Crippen LogP contribution in [0.1, 0.15) is 23.7 Å². The van der Waals surface area contributed by atoms with Crippen LogP contribution in [0.4, 0.5) is 0 Å². The topological polar surface area (TPSA) is 52.3 Å². The molecule has 0 fully saturated rings. The molecule has 0 amide bonds. The Balaban J connectivity index is 2.81. The third-order valence-corrected chi connectivity index (χ3v) is 2.71. The van der Waals surface area contributed by atoms with Gasteiger partial charge in [0.15, 0.2) is 5.78 Å². The van der Waals surface area contributed by atoms with Gasteiger partial charge in [0.05, 0.1) is 12.1 Å². The molecule has 16 heavy (non-hydrogen) atoms. The van der Waals surface area contributed by atoms with Crippen molar-refractivity contribution in [3.05, 3.63) is 28.8 Å². The van der Waals surface area contributed by atoms with Crippen molar-refractivity contribution < 1.29 is 9.53 Å². The first kappa shape index (κ1) is 13.0. The van der Waals surface area contributed by atoms with E-state index in [1.807, 2.05) is 6.92 Å². The second-order valence-electron chi connectivity index (χ2n) is 3.82. The van der Waals surface area contributed by atoms with E-state index in [1.165, 1.54) is 0 Å². The molecular weight excluding hydrogens is 226 g/mol. The summed E-state index contributed by atoms with van der Waals surface area (Å²) in [6.07, 6.45) is 0.444. The highest BCUT2D eigenvalue weighted by Crippen LogP contribution is 2.25. The van der Waals surface area contributed by atoms with Crippen molar-refractivity contribution in [3.63, 3.8) is 0 Å². The minimum Gasteiger partial charge on any atom is -0.495 e. The quantitative estimate of drug-likeness (QED) is 0.806. The number of Topliss-reactive ketones (excluding diaryl/α,β-unsaturated/α-hetero) is 1. The van der Waals surface area contributed by atoms with Crippen LogP contribution in [0.3, 0.4) is 0 Å². The van der Waals surface area contributed by atoms with E-state index in [1.54, 1.807) is 25.3 Å². The normalized spacial score (nSPS) is 12.2. The molecule has 0 aromatic heterocycles. The van der Waals surface area contributed by atoms with Crippen molar-refractivity contribution in [1.29, 1.82) is 0 Å². The Kier molecular flexibility index (Phi) is 4.77. The molecule has 0 radical (unpaired) electrons. The highest BCUT2D eigenvalue weighted by Gasteiger charge is 2.12. The van der Waals surface area contributed by atoms with Gasteiger partial charge in [-0.2, -0.15) is 0 Å². The van der Waals surface area contributed by atoms with E-state index >= 15 is 0 Å². The summed E-state index contributed by atoms with van der Waals surface area (Å²) in [6, 6.07) is 5.05. The van der Waals surface area contributed by atoms with Crippen LogP contribution >= 0.6 is 11.6 Å². The van der Waals surface area contributed by atoms with Gasteiger partial charge in [-0.25, -0.2) is 0 Å². The third-order valence-electron chi connectivity index (χ3n) is 2.41. The molecule has 1 unspecified atom stereocenters. The van der Waals surface area contributed by atoms with Crippen LogP contribution in [-0.4, -0.2) is 19.4 Å². The Morgan fingerprint density at radius 2 is 2.25 bits per heavy atom. The molecule has 0 heterocycles. The summed E-state index contributed by atoms with van der Waals surface area (Å²) in [6.45, 7) is 2.46. The average molecular weight is 242 g/mol. The van der Waals surface area contributed by atoms with Gasteiger partial charge in [-0.1, -0.05) is 18.5 Å². The predicted molar refractivity (Wildman–Crippen MR) is 65.2 cm³/mol. The van der Waals surface area contributed by atoms with Gasteiger partial charge in [-0.3, -0.25) is 4.79 Å². The lowest BCUT2D eigenvalue weighted by atomic mass is 10.00. The van der Waals surface area contributed by atoms with Crippen molar-refractivity contribution >= 4 is 17.4 Å². The van der Waals surface area contributed by atoms with Crippen molar-refractivity contribution in [2.24, 2.45) is 11.7 Å². The summed E-state index contributed by atoms with van der Waals surface area (Å²) in [7, 11) is 1.54. The molecule has 3 nitrogen and oxygen atoms in total. The number of benzene rings is 1. The van der Waals surface area contributed by atoms with Crippen molar-refractivity contribution in [2.45, 2.75) is 13.3 Å². The molecule has 0 aliphatic rings. The number of nitrogens with two attached hydrogens (primary N) is 1. The first-order chi connectivity index (χ1) is 7.58. The zero-order chi connectivity index (χ0) is 12.1. The number of carbonyl (C=O) groups excluding carboxylic acids is 1. The molecule has 0 spiro atoms. The van der Waals surface area contributed by atoms with Gasteiger partial charge in [-0.05, 0) is 30.7 Å². The van der Waals surface area contributed by atoms with Crippen LogP contribution in [0.2, 0.25) is 5.02 Å². The lowest BCUT2D eigenvalue weighted by Gasteiger charge is -2.08. The molecule has 0 aliphatic heterocycles. The summed E-state index contributed by atoms with van der Waals surface area (Å²) in [5, 5.41) is 0.453. The standard InChI is InChI=1S/C12H16ClNO2/c1-8(7-14)5-11(15)9-3-4-12(16-2)10(13)6-9/h3-4,6,8H,5,7,14H2,1-2H3. The largest absolute Gasteiger partial charge is 0.495 e. The van der Waals surface area contributed by atoms with Gasteiger partial charge in [0, 0.05) is 12.0 Å². The summed E-state index contributed by atoms with van der Waals surface area (Å²) < 4.78 is 5.02. The molecule has 1 rings (SSSR count). The van der Waals surface area contributed by atoms with Gasteiger partial charge in [-0.15, -0.1) is 0 Å². The molecule has 1 aromatic carbocycles. The van der Waals surface area contributed by atoms with Gasteiger partial charge in [0.25, 0.3) is 0 Å². The van der Waals surface area contributed by atoms with E-state index in [4.69, 9.17) is 22.1 Å².